The summed E-state index contributed by atoms with van der Waals surface area (Å²) in [6, 6.07) is 10.3. The van der Waals surface area contributed by atoms with Gasteiger partial charge in [0.25, 0.3) is 11.1 Å². The topological polar surface area (TPSA) is 93.1 Å². The summed E-state index contributed by atoms with van der Waals surface area (Å²) in [6.07, 6.45) is 1.45. The molecule has 0 saturated carbocycles. The molecule has 0 unspecified atom stereocenters. The van der Waals surface area contributed by atoms with Crippen LogP contribution in [0.1, 0.15) is 11.1 Å². The van der Waals surface area contributed by atoms with Crippen molar-refractivity contribution in [1.82, 2.24) is 4.90 Å². The fraction of sp³-hybridized carbons (Fsp3) is 0.150. The molecular weight excluding hydrogens is 453 g/mol. The second-order valence-electron chi connectivity index (χ2n) is 6.11. The van der Waals surface area contributed by atoms with Gasteiger partial charge < -0.3 is 14.6 Å². The summed E-state index contributed by atoms with van der Waals surface area (Å²) in [6.45, 7) is -0.454. The number of carbonyl (C=O) groups is 3. The first-order valence-corrected chi connectivity index (χ1v) is 10.1. The first-order valence-electron chi connectivity index (χ1n) is 8.50. The van der Waals surface area contributed by atoms with Gasteiger partial charge in [0.2, 0.25) is 0 Å². The third-order valence-corrected chi connectivity index (χ3v) is 5.45. The number of thioether (sulfide) groups is 1. The number of aliphatic carboxylic acids is 1. The average molecular weight is 468 g/mol. The Balaban J connectivity index is 1.82. The van der Waals surface area contributed by atoms with Crippen molar-refractivity contribution in [1.29, 1.82) is 0 Å². The van der Waals surface area contributed by atoms with Gasteiger partial charge in [0.05, 0.1) is 17.0 Å². The molecule has 0 aromatic heterocycles. The van der Waals surface area contributed by atoms with Crippen LogP contribution in [0.15, 0.2) is 41.3 Å². The molecule has 7 nitrogen and oxygen atoms in total. The molecule has 1 N–H and O–H groups in total. The highest BCUT2D eigenvalue weighted by Gasteiger charge is 2.36. The van der Waals surface area contributed by atoms with Crippen molar-refractivity contribution in [3.05, 3.63) is 62.5 Å². The number of halogens is 2. The quantitative estimate of drug-likeness (QED) is 0.589. The maximum Gasteiger partial charge on any atom is 0.323 e. The molecule has 1 aliphatic rings. The van der Waals surface area contributed by atoms with Crippen LogP contribution in [0.5, 0.6) is 11.5 Å². The van der Waals surface area contributed by atoms with E-state index in [-0.39, 0.29) is 16.5 Å². The number of rotatable bonds is 7. The van der Waals surface area contributed by atoms with Gasteiger partial charge in [-0.25, -0.2) is 0 Å². The minimum atomic E-state index is -1.27. The average Bonchev–Trinajstić information content (AvgIpc) is 2.95. The number of hydrogen-bond donors (Lipinski definition) is 1. The lowest BCUT2D eigenvalue weighted by Gasteiger charge is -2.13. The summed E-state index contributed by atoms with van der Waals surface area (Å²) < 4.78 is 11.1. The third kappa shape index (κ3) is 5.08. The molecule has 0 radical (unpaired) electrons. The number of carbonyl (C=O) groups excluding carboxylic acids is 2. The minimum Gasteiger partial charge on any atom is -0.493 e. The molecule has 1 saturated heterocycles. The molecule has 0 aliphatic carbocycles. The highest BCUT2D eigenvalue weighted by Crippen LogP contribution is 2.39. The largest absolute Gasteiger partial charge is 0.493 e. The van der Waals surface area contributed by atoms with Crippen molar-refractivity contribution in [2.45, 2.75) is 6.61 Å². The van der Waals surface area contributed by atoms with Gasteiger partial charge in [-0.05, 0) is 53.2 Å². The van der Waals surface area contributed by atoms with Crippen LogP contribution in [-0.2, 0) is 16.2 Å². The van der Waals surface area contributed by atoms with Crippen molar-refractivity contribution >= 4 is 58.2 Å². The second-order valence-corrected chi connectivity index (χ2v) is 7.95. The molecule has 1 heterocycles. The molecule has 156 valence electrons. The number of amides is 2. The number of nitrogens with zero attached hydrogens (tertiary/aromatic N) is 1. The van der Waals surface area contributed by atoms with Crippen LogP contribution in [0.2, 0.25) is 10.0 Å². The summed E-state index contributed by atoms with van der Waals surface area (Å²) in [5.74, 6) is -1.28. The first kappa shape index (κ1) is 22.0. The predicted molar refractivity (Wildman–Crippen MR) is 114 cm³/mol. The van der Waals surface area contributed by atoms with Gasteiger partial charge in [-0.1, -0.05) is 35.3 Å². The maximum absolute atomic E-state index is 12.3. The summed E-state index contributed by atoms with van der Waals surface area (Å²) in [5, 5.41) is 9.06. The highest BCUT2D eigenvalue weighted by molar-refractivity contribution is 8.18. The van der Waals surface area contributed by atoms with E-state index in [0.29, 0.717) is 38.7 Å². The molecule has 2 aromatic carbocycles. The van der Waals surface area contributed by atoms with Crippen LogP contribution in [0, 0.1) is 0 Å². The summed E-state index contributed by atoms with van der Waals surface area (Å²) >= 11 is 12.9. The molecule has 2 aromatic rings. The molecule has 1 aliphatic heterocycles. The van der Waals surface area contributed by atoms with Crippen LogP contribution < -0.4 is 9.47 Å². The van der Waals surface area contributed by atoms with Crippen molar-refractivity contribution < 1.29 is 29.0 Å². The highest BCUT2D eigenvalue weighted by atomic mass is 35.5. The molecule has 0 atom stereocenters. The van der Waals surface area contributed by atoms with E-state index in [2.05, 4.69) is 0 Å². The van der Waals surface area contributed by atoms with E-state index < -0.39 is 23.7 Å². The Labute approximate surface area is 186 Å². The van der Waals surface area contributed by atoms with Crippen LogP contribution in [0.4, 0.5) is 4.79 Å². The molecule has 0 bridgehead atoms. The molecule has 10 heteroatoms. The fourth-order valence-corrected chi connectivity index (χ4v) is 3.86. The van der Waals surface area contributed by atoms with Crippen LogP contribution in [0.25, 0.3) is 6.08 Å². The monoisotopic (exact) mass is 467 g/mol. The Hall–Kier alpha value is -2.68. The van der Waals surface area contributed by atoms with Crippen molar-refractivity contribution in [3.8, 4) is 11.5 Å². The molecule has 30 heavy (non-hydrogen) atoms. The smallest absolute Gasteiger partial charge is 0.323 e. The Bertz CT molecular complexity index is 1040. The summed E-state index contributed by atoms with van der Waals surface area (Å²) in [7, 11) is 1.45. The van der Waals surface area contributed by atoms with E-state index in [1.807, 2.05) is 12.1 Å². The SMILES string of the molecule is COc1cc(/C=C2/SC(=O)N(CC(=O)O)C2=O)cc(Cl)c1OCc1ccc(Cl)cc1. The first-order chi connectivity index (χ1) is 14.3. The van der Waals surface area contributed by atoms with Crippen LogP contribution >= 0.6 is 35.0 Å². The minimum absolute atomic E-state index is 0.0919. The van der Waals surface area contributed by atoms with Gasteiger partial charge in [-0.2, -0.15) is 0 Å². The number of methoxy groups -OCH3 is 1. The van der Waals surface area contributed by atoms with E-state index in [1.165, 1.54) is 13.2 Å². The third-order valence-electron chi connectivity index (χ3n) is 4.01. The van der Waals surface area contributed by atoms with E-state index in [4.69, 9.17) is 37.8 Å². The van der Waals surface area contributed by atoms with E-state index in [0.717, 1.165) is 5.56 Å². The van der Waals surface area contributed by atoms with Crippen molar-refractivity contribution in [2.24, 2.45) is 0 Å². The van der Waals surface area contributed by atoms with Gasteiger partial charge in [-0.15, -0.1) is 0 Å². The zero-order valence-electron chi connectivity index (χ0n) is 15.6. The van der Waals surface area contributed by atoms with Gasteiger partial charge in [-0.3, -0.25) is 19.3 Å². The van der Waals surface area contributed by atoms with E-state index in [9.17, 15) is 14.4 Å². The van der Waals surface area contributed by atoms with Gasteiger partial charge >= 0.3 is 5.97 Å². The van der Waals surface area contributed by atoms with Crippen LogP contribution in [0.3, 0.4) is 0 Å². The second kappa shape index (κ2) is 9.42. The number of carboxylic acid groups (broad SMARTS) is 1. The Morgan fingerprint density at radius 1 is 1.20 bits per heavy atom. The standard InChI is InChI=1S/C20H15Cl2NO6S/c1-28-15-7-12(8-16-19(26)23(9-17(24)25)20(27)30-16)6-14(22)18(15)29-10-11-2-4-13(21)5-3-11/h2-8H,9-10H2,1H3,(H,24,25)/b16-8+. The Morgan fingerprint density at radius 2 is 1.90 bits per heavy atom. The summed E-state index contributed by atoms with van der Waals surface area (Å²) in [4.78, 5) is 35.8. The molecule has 3 rings (SSSR count). The zero-order chi connectivity index (χ0) is 21.8. The maximum atomic E-state index is 12.3. The van der Waals surface area contributed by atoms with Gasteiger partial charge in [0, 0.05) is 5.02 Å². The van der Waals surface area contributed by atoms with Crippen LogP contribution in [-0.4, -0.2) is 40.8 Å². The van der Waals surface area contributed by atoms with Crippen molar-refractivity contribution in [3.63, 3.8) is 0 Å². The van der Waals surface area contributed by atoms with Gasteiger partial charge in [0.1, 0.15) is 13.2 Å². The van der Waals surface area contributed by atoms with E-state index in [1.54, 1.807) is 24.3 Å². The fourth-order valence-electron chi connectivity index (χ4n) is 2.62. The number of ether oxygens (including phenoxy) is 2. The Morgan fingerprint density at radius 3 is 2.53 bits per heavy atom. The molecular formula is C20H15Cl2NO6S. The zero-order valence-corrected chi connectivity index (χ0v) is 17.9. The van der Waals surface area contributed by atoms with E-state index >= 15 is 0 Å². The lowest BCUT2D eigenvalue weighted by Crippen LogP contribution is -2.33. The number of carboxylic acids is 1. The van der Waals surface area contributed by atoms with Crippen molar-refractivity contribution in [2.75, 3.05) is 13.7 Å². The number of benzene rings is 2. The molecule has 0 spiro atoms. The Kier molecular flexibility index (Phi) is 6.91. The molecule has 1 fully saturated rings. The number of hydrogen-bond acceptors (Lipinski definition) is 6. The summed E-state index contributed by atoms with van der Waals surface area (Å²) in [5.41, 5.74) is 1.38. The lowest BCUT2D eigenvalue weighted by molar-refractivity contribution is -0.140. The normalized spacial score (nSPS) is 15.0. The predicted octanol–water partition coefficient (Wildman–Crippen LogP) is 4.70. The van der Waals surface area contributed by atoms with Gasteiger partial charge in [0.15, 0.2) is 11.5 Å². The molecule has 2 amide bonds. The number of imide groups is 1. The lowest BCUT2D eigenvalue weighted by atomic mass is 10.1.